The summed E-state index contributed by atoms with van der Waals surface area (Å²) in [5, 5.41) is 2.68. The van der Waals surface area contributed by atoms with E-state index in [-0.39, 0.29) is 17.3 Å². The summed E-state index contributed by atoms with van der Waals surface area (Å²) in [6.07, 6.45) is 4.51. The second-order valence-corrected chi connectivity index (χ2v) is 6.12. The number of carbonyl (C=O) groups is 1. The summed E-state index contributed by atoms with van der Waals surface area (Å²) in [5.74, 6) is -0.289. The van der Waals surface area contributed by atoms with Gasteiger partial charge in [0.15, 0.2) is 0 Å². The Hall–Kier alpha value is -2.51. The van der Waals surface area contributed by atoms with Gasteiger partial charge in [0.25, 0.3) is 5.91 Å². The molecule has 0 unspecified atom stereocenters. The number of anilines is 1. The van der Waals surface area contributed by atoms with Crippen LogP contribution in [0.25, 0.3) is 0 Å². The first kappa shape index (κ1) is 15.9. The van der Waals surface area contributed by atoms with Crippen molar-refractivity contribution < 1.29 is 13.2 Å². The predicted molar refractivity (Wildman–Crippen MR) is 84.0 cm³/mol. The fourth-order valence-electron chi connectivity index (χ4n) is 1.68. The van der Waals surface area contributed by atoms with E-state index in [1.54, 1.807) is 12.1 Å². The molecular weight excluding hydrogens is 302 g/mol. The average Bonchev–Trinajstić information content (AvgIpc) is 2.54. The Bertz CT molecular complexity index is 756. The van der Waals surface area contributed by atoms with Gasteiger partial charge in [-0.15, -0.1) is 6.58 Å². The van der Waals surface area contributed by atoms with Gasteiger partial charge < -0.3 is 5.32 Å². The molecular formula is C15H15N3O3S. The second-order valence-electron chi connectivity index (χ2n) is 4.35. The van der Waals surface area contributed by atoms with Gasteiger partial charge in [0.05, 0.1) is 4.90 Å². The van der Waals surface area contributed by atoms with Crippen LogP contribution in [0.1, 0.15) is 10.4 Å². The first-order chi connectivity index (χ1) is 10.5. The molecule has 0 aliphatic carbocycles. The van der Waals surface area contributed by atoms with E-state index in [2.05, 4.69) is 21.6 Å². The lowest BCUT2D eigenvalue weighted by Gasteiger charge is -2.07. The molecule has 0 saturated heterocycles. The first-order valence-electron chi connectivity index (χ1n) is 6.45. The molecule has 0 atom stereocenters. The van der Waals surface area contributed by atoms with Crippen molar-refractivity contribution in [1.82, 2.24) is 9.71 Å². The van der Waals surface area contributed by atoms with Crippen molar-refractivity contribution in [3.05, 3.63) is 67.0 Å². The fourth-order valence-corrected chi connectivity index (χ4v) is 2.67. The minimum absolute atomic E-state index is 0.122. The highest BCUT2D eigenvalue weighted by Gasteiger charge is 2.13. The normalized spacial score (nSPS) is 10.9. The van der Waals surface area contributed by atoms with Crippen LogP contribution >= 0.6 is 0 Å². The zero-order chi connectivity index (χ0) is 16.0. The molecule has 2 aromatic rings. The van der Waals surface area contributed by atoms with Crippen LogP contribution in [0.5, 0.6) is 0 Å². The SMILES string of the molecule is C=CCNS(=O)(=O)c1ccc(NC(=O)c2ccncc2)cc1. The number of aromatic nitrogens is 1. The van der Waals surface area contributed by atoms with E-state index in [0.29, 0.717) is 11.3 Å². The van der Waals surface area contributed by atoms with E-state index in [1.807, 2.05) is 0 Å². The van der Waals surface area contributed by atoms with Crippen molar-refractivity contribution in [1.29, 1.82) is 0 Å². The van der Waals surface area contributed by atoms with Gasteiger partial charge in [-0.3, -0.25) is 9.78 Å². The number of nitrogens with zero attached hydrogens (tertiary/aromatic N) is 1. The summed E-state index contributed by atoms with van der Waals surface area (Å²) < 4.78 is 26.2. The number of sulfonamides is 1. The molecule has 1 aromatic heterocycles. The topological polar surface area (TPSA) is 88.2 Å². The van der Waals surface area contributed by atoms with Gasteiger partial charge >= 0.3 is 0 Å². The summed E-state index contributed by atoms with van der Waals surface area (Å²) in [4.78, 5) is 15.9. The number of nitrogens with one attached hydrogen (secondary N) is 2. The van der Waals surface area contributed by atoms with E-state index >= 15 is 0 Å². The molecule has 1 aromatic carbocycles. The molecule has 0 aliphatic heterocycles. The Morgan fingerprint density at radius 3 is 2.36 bits per heavy atom. The smallest absolute Gasteiger partial charge is 0.255 e. The quantitative estimate of drug-likeness (QED) is 0.795. The molecule has 2 rings (SSSR count). The standard InChI is InChI=1S/C15H15N3O3S/c1-2-9-17-22(20,21)14-5-3-13(4-6-14)18-15(19)12-7-10-16-11-8-12/h2-8,10-11,17H,1,9H2,(H,18,19). The molecule has 0 spiro atoms. The predicted octanol–water partition coefficient (Wildman–Crippen LogP) is 1.80. The van der Waals surface area contributed by atoms with Gasteiger partial charge in [-0.1, -0.05) is 6.08 Å². The number of pyridine rings is 1. The van der Waals surface area contributed by atoms with Crippen LogP contribution < -0.4 is 10.0 Å². The van der Waals surface area contributed by atoms with Crippen molar-refractivity contribution in [2.75, 3.05) is 11.9 Å². The van der Waals surface area contributed by atoms with Crippen molar-refractivity contribution in [2.45, 2.75) is 4.90 Å². The third kappa shape index (κ3) is 4.00. The van der Waals surface area contributed by atoms with Gasteiger partial charge in [-0.2, -0.15) is 0 Å². The average molecular weight is 317 g/mol. The molecule has 0 radical (unpaired) electrons. The van der Waals surface area contributed by atoms with Crippen molar-refractivity contribution in [3.8, 4) is 0 Å². The molecule has 1 amide bonds. The van der Waals surface area contributed by atoms with Gasteiger partial charge in [0, 0.05) is 30.2 Å². The zero-order valence-corrected chi connectivity index (χ0v) is 12.5. The van der Waals surface area contributed by atoms with E-state index in [4.69, 9.17) is 0 Å². The first-order valence-corrected chi connectivity index (χ1v) is 7.93. The van der Waals surface area contributed by atoms with Crippen molar-refractivity contribution >= 4 is 21.6 Å². The van der Waals surface area contributed by atoms with Gasteiger partial charge in [-0.25, -0.2) is 13.1 Å². The molecule has 0 aliphatic rings. The number of hydrogen-bond acceptors (Lipinski definition) is 4. The Balaban J connectivity index is 2.09. The molecule has 22 heavy (non-hydrogen) atoms. The Kier molecular flexibility index (Phi) is 5.03. The second kappa shape index (κ2) is 6.97. The summed E-state index contributed by atoms with van der Waals surface area (Å²) in [6, 6.07) is 9.09. The minimum Gasteiger partial charge on any atom is -0.322 e. The highest BCUT2D eigenvalue weighted by atomic mass is 32.2. The Morgan fingerprint density at radius 1 is 1.14 bits per heavy atom. The maximum Gasteiger partial charge on any atom is 0.255 e. The summed E-state index contributed by atoms with van der Waals surface area (Å²) in [7, 11) is -3.56. The van der Waals surface area contributed by atoms with Crippen LogP contribution in [0, 0.1) is 0 Å². The molecule has 6 nitrogen and oxygen atoms in total. The number of hydrogen-bond donors (Lipinski definition) is 2. The molecule has 0 fully saturated rings. The van der Waals surface area contributed by atoms with Crippen LogP contribution in [0.3, 0.4) is 0 Å². The highest BCUT2D eigenvalue weighted by Crippen LogP contribution is 2.14. The fraction of sp³-hybridized carbons (Fsp3) is 0.0667. The molecule has 114 valence electrons. The third-order valence-corrected chi connectivity index (χ3v) is 4.22. The number of rotatable bonds is 6. The van der Waals surface area contributed by atoms with Gasteiger partial charge in [0.1, 0.15) is 0 Å². The van der Waals surface area contributed by atoms with Crippen LogP contribution in [0.4, 0.5) is 5.69 Å². The lowest BCUT2D eigenvalue weighted by molar-refractivity contribution is 0.102. The van der Waals surface area contributed by atoms with Gasteiger partial charge in [0.2, 0.25) is 10.0 Å². The Morgan fingerprint density at radius 2 is 1.77 bits per heavy atom. The van der Waals surface area contributed by atoms with E-state index in [9.17, 15) is 13.2 Å². The summed E-state index contributed by atoms with van der Waals surface area (Å²) >= 11 is 0. The molecule has 7 heteroatoms. The number of carbonyl (C=O) groups excluding carboxylic acids is 1. The highest BCUT2D eigenvalue weighted by molar-refractivity contribution is 7.89. The zero-order valence-electron chi connectivity index (χ0n) is 11.7. The monoisotopic (exact) mass is 317 g/mol. The summed E-state index contributed by atoms with van der Waals surface area (Å²) in [5.41, 5.74) is 0.976. The maximum absolute atomic E-state index is 12.0. The van der Waals surface area contributed by atoms with Gasteiger partial charge in [-0.05, 0) is 36.4 Å². The van der Waals surface area contributed by atoms with E-state index < -0.39 is 10.0 Å². The van der Waals surface area contributed by atoms with Crippen LogP contribution in [0.15, 0.2) is 66.3 Å². The van der Waals surface area contributed by atoms with E-state index in [0.717, 1.165) is 0 Å². The lowest BCUT2D eigenvalue weighted by Crippen LogP contribution is -2.23. The number of benzene rings is 1. The van der Waals surface area contributed by atoms with Crippen LogP contribution in [-0.4, -0.2) is 25.9 Å². The molecule has 0 saturated carbocycles. The van der Waals surface area contributed by atoms with Crippen LogP contribution in [0.2, 0.25) is 0 Å². The van der Waals surface area contributed by atoms with Crippen LogP contribution in [-0.2, 0) is 10.0 Å². The Labute approximate surface area is 129 Å². The number of amides is 1. The molecule has 2 N–H and O–H groups in total. The molecule has 0 bridgehead atoms. The third-order valence-electron chi connectivity index (χ3n) is 2.78. The largest absolute Gasteiger partial charge is 0.322 e. The maximum atomic E-state index is 12.0. The lowest BCUT2D eigenvalue weighted by atomic mass is 10.2. The van der Waals surface area contributed by atoms with Crippen molar-refractivity contribution in [3.63, 3.8) is 0 Å². The van der Waals surface area contributed by atoms with E-state index in [1.165, 1.54) is 42.7 Å². The minimum atomic E-state index is -3.56. The van der Waals surface area contributed by atoms with Crippen molar-refractivity contribution in [2.24, 2.45) is 0 Å². The molecule has 1 heterocycles. The summed E-state index contributed by atoms with van der Waals surface area (Å²) in [6.45, 7) is 3.61.